The van der Waals surface area contributed by atoms with Crippen LogP contribution in [0.4, 0.5) is 18.0 Å². The van der Waals surface area contributed by atoms with Crippen LogP contribution in [0.15, 0.2) is 0 Å². The Labute approximate surface area is 116 Å². The fourth-order valence-electron chi connectivity index (χ4n) is 1.70. The van der Waals surface area contributed by atoms with Crippen molar-refractivity contribution in [1.82, 2.24) is 4.90 Å². The van der Waals surface area contributed by atoms with Crippen molar-refractivity contribution in [3.63, 3.8) is 0 Å². The van der Waals surface area contributed by atoms with Crippen LogP contribution in [0, 0.1) is 0 Å². The molecule has 1 heterocycles. The molecule has 1 aliphatic rings. The van der Waals surface area contributed by atoms with Gasteiger partial charge in [-0.15, -0.1) is 0 Å². The number of carbonyl (C=O) groups is 1. The highest BCUT2D eigenvalue weighted by Crippen LogP contribution is 2.22. The Hall–Kier alpha value is -1.02. The van der Waals surface area contributed by atoms with Gasteiger partial charge in [0, 0.05) is 6.54 Å². The van der Waals surface area contributed by atoms with Crippen LogP contribution in [0.3, 0.4) is 0 Å². The van der Waals surface area contributed by atoms with E-state index in [2.05, 4.69) is 4.74 Å². The van der Waals surface area contributed by atoms with Crippen LogP contribution in [0.5, 0.6) is 0 Å². The predicted octanol–water partition coefficient (Wildman–Crippen LogP) is 2.55. The van der Waals surface area contributed by atoms with Crippen molar-refractivity contribution in [2.75, 3.05) is 19.8 Å². The summed E-state index contributed by atoms with van der Waals surface area (Å²) in [6.45, 7) is 5.65. The fraction of sp³-hybridized carbons (Fsp3) is 0.917. The van der Waals surface area contributed by atoms with E-state index in [1.807, 2.05) is 0 Å². The standard InChI is InChI=1S/C12H20F3NO4/c1-8-9(19-7-12(13,14)15)18-6-5-16(8)10(17)20-11(2,3)4/h8-9H,5-7H2,1-4H3. The molecule has 20 heavy (non-hydrogen) atoms. The lowest BCUT2D eigenvalue weighted by Crippen LogP contribution is -2.54. The van der Waals surface area contributed by atoms with Gasteiger partial charge in [-0.05, 0) is 27.7 Å². The molecule has 2 atom stereocenters. The molecule has 0 radical (unpaired) electrons. The first-order valence-electron chi connectivity index (χ1n) is 6.29. The summed E-state index contributed by atoms with van der Waals surface area (Å²) in [5, 5.41) is 0. The molecule has 1 rings (SSSR count). The zero-order chi connectivity index (χ0) is 15.6. The largest absolute Gasteiger partial charge is 0.444 e. The highest BCUT2D eigenvalue weighted by Gasteiger charge is 2.37. The Bertz CT molecular complexity index is 341. The first-order chi connectivity index (χ1) is 8.99. The molecule has 0 aromatic heterocycles. The third-order valence-electron chi connectivity index (χ3n) is 2.54. The number of rotatable bonds is 2. The van der Waals surface area contributed by atoms with E-state index >= 15 is 0 Å². The highest BCUT2D eigenvalue weighted by molar-refractivity contribution is 5.68. The Morgan fingerprint density at radius 1 is 1.35 bits per heavy atom. The van der Waals surface area contributed by atoms with E-state index in [1.54, 1.807) is 27.7 Å². The molecule has 0 bridgehead atoms. The van der Waals surface area contributed by atoms with Crippen LogP contribution in [-0.2, 0) is 14.2 Å². The molecule has 8 heteroatoms. The van der Waals surface area contributed by atoms with Gasteiger partial charge in [0.1, 0.15) is 12.2 Å². The molecule has 0 N–H and O–H groups in total. The molecular weight excluding hydrogens is 279 g/mol. The van der Waals surface area contributed by atoms with Gasteiger partial charge >= 0.3 is 12.3 Å². The minimum absolute atomic E-state index is 0.103. The zero-order valence-corrected chi connectivity index (χ0v) is 12.0. The minimum atomic E-state index is -4.43. The van der Waals surface area contributed by atoms with Gasteiger partial charge in [-0.2, -0.15) is 13.2 Å². The average molecular weight is 299 g/mol. The number of amides is 1. The van der Waals surface area contributed by atoms with Crippen LogP contribution >= 0.6 is 0 Å². The van der Waals surface area contributed by atoms with E-state index < -0.39 is 36.8 Å². The number of morpholine rings is 1. The van der Waals surface area contributed by atoms with Gasteiger partial charge in [0.2, 0.25) is 0 Å². The van der Waals surface area contributed by atoms with Crippen LogP contribution < -0.4 is 0 Å². The van der Waals surface area contributed by atoms with E-state index in [9.17, 15) is 18.0 Å². The molecule has 0 spiro atoms. The Morgan fingerprint density at radius 2 is 1.95 bits per heavy atom. The molecule has 2 unspecified atom stereocenters. The van der Waals surface area contributed by atoms with Gasteiger partial charge in [-0.1, -0.05) is 0 Å². The normalized spacial score (nSPS) is 24.6. The molecule has 5 nitrogen and oxygen atoms in total. The highest BCUT2D eigenvalue weighted by atomic mass is 19.4. The second-order valence-electron chi connectivity index (χ2n) is 5.58. The number of hydrogen-bond acceptors (Lipinski definition) is 4. The summed E-state index contributed by atoms with van der Waals surface area (Å²) in [4.78, 5) is 13.3. The molecule has 0 aliphatic carbocycles. The van der Waals surface area contributed by atoms with E-state index in [-0.39, 0.29) is 13.2 Å². The molecular formula is C12H20F3NO4. The summed E-state index contributed by atoms with van der Waals surface area (Å²) < 4.78 is 51.4. The van der Waals surface area contributed by atoms with Crippen molar-refractivity contribution >= 4 is 6.09 Å². The lowest BCUT2D eigenvalue weighted by atomic mass is 10.2. The smallest absolute Gasteiger partial charge is 0.411 e. The molecule has 1 aliphatic heterocycles. The molecule has 1 saturated heterocycles. The van der Waals surface area contributed by atoms with Crippen LogP contribution in [0.25, 0.3) is 0 Å². The minimum Gasteiger partial charge on any atom is -0.444 e. The number of halogens is 3. The maximum atomic E-state index is 12.1. The second kappa shape index (κ2) is 6.17. The van der Waals surface area contributed by atoms with E-state index in [0.717, 1.165) is 0 Å². The summed E-state index contributed by atoms with van der Waals surface area (Å²) in [7, 11) is 0. The monoisotopic (exact) mass is 299 g/mol. The van der Waals surface area contributed by atoms with Crippen LogP contribution in [-0.4, -0.2) is 54.9 Å². The summed E-state index contributed by atoms with van der Waals surface area (Å²) >= 11 is 0. The van der Waals surface area contributed by atoms with Gasteiger partial charge < -0.3 is 14.2 Å². The molecule has 1 amide bonds. The van der Waals surface area contributed by atoms with Crippen molar-refractivity contribution in [2.45, 2.75) is 51.8 Å². The number of nitrogens with zero attached hydrogens (tertiary/aromatic N) is 1. The average Bonchev–Trinajstić information content (AvgIpc) is 2.24. The SMILES string of the molecule is CC1C(OCC(F)(F)F)OCCN1C(=O)OC(C)(C)C. The summed E-state index contributed by atoms with van der Waals surface area (Å²) in [5.74, 6) is 0. The van der Waals surface area contributed by atoms with E-state index in [0.29, 0.717) is 0 Å². The van der Waals surface area contributed by atoms with Crippen molar-refractivity contribution in [3.05, 3.63) is 0 Å². The van der Waals surface area contributed by atoms with Crippen molar-refractivity contribution in [2.24, 2.45) is 0 Å². The number of ether oxygens (including phenoxy) is 3. The van der Waals surface area contributed by atoms with Gasteiger partial charge in [-0.3, -0.25) is 4.90 Å². The summed E-state index contributed by atoms with van der Waals surface area (Å²) in [6, 6.07) is -0.652. The van der Waals surface area contributed by atoms with Gasteiger partial charge in [0.05, 0.1) is 12.6 Å². The maximum absolute atomic E-state index is 12.1. The second-order valence-corrected chi connectivity index (χ2v) is 5.58. The molecule has 118 valence electrons. The lowest BCUT2D eigenvalue weighted by Gasteiger charge is -2.39. The number of alkyl halides is 3. The quantitative estimate of drug-likeness (QED) is 0.786. The van der Waals surface area contributed by atoms with Crippen LogP contribution in [0.2, 0.25) is 0 Å². The Kier molecular flexibility index (Phi) is 5.26. The topological polar surface area (TPSA) is 48.0 Å². The predicted molar refractivity (Wildman–Crippen MR) is 64.1 cm³/mol. The third-order valence-corrected chi connectivity index (χ3v) is 2.54. The maximum Gasteiger partial charge on any atom is 0.411 e. The fourth-order valence-corrected chi connectivity index (χ4v) is 1.70. The molecule has 0 saturated carbocycles. The summed E-state index contributed by atoms with van der Waals surface area (Å²) in [5.41, 5.74) is -0.669. The first kappa shape index (κ1) is 17.0. The third kappa shape index (κ3) is 5.54. The van der Waals surface area contributed by atoms with E-state index in [4.69, 9.17) is 9.47 Å². The Morgan fingerprint density at radius 3 is 2.45 bits per heavy atom. The molecule has 1 fully saturated rings. The Balaban J connectivity index is 2.60. The first-order valence-corrected chi connectivity index (χ1v) is 6.29. The van der Waals surface area contributed by atoms with Crippen LogP contribution in [0.1, 0.15) is 27.7 Å². The molecule has 0 aromatic carbocycles. The van der Waals surface area contributed by atoms with Gasteiger partial charge in [-0.25, -0.2) is 4.79 Å². The summed E-state index contributed by atoms with van der Waals surface area (Å²) in [6.07, 6.45) is -6.14. The van der Waals surface area contributed by atoms with Crippen molar-refractivity contribution in [3.8, 4) is 0 Å². The van der Waals surface area contributed by atoms with Crippen molar-refractivity contribution < 1.29 is 32.2 Å². The van der Waals surface area contributed by atoms with Gasteiger partial charge in [0.15, 0.2) is 6.29 Å². The van der Waals surface area contributed by atoms with Crippen molar-refractivity contribution in [1.29, 1.82) is 0 Å². The van der Waals surface area contributed by atoms with Gasteiger partial charge in [0.25, 0.3) is 0 Å². The number of carbonyl (C=O) groups excluding carboxylic acids is 1. The van der Waals surface area contributed by atoms with E-state index in [1.165, 1.54) is 4.90 Å². The zero-order valence-electron chi connectivity index (χ0n) is 12.0. The lowest BCUT2D eigenvalue weighted by molar-refractivity contribution is -0.253. The number of hydrogen-bond donors (Lipinski definition) is 0. The molecule has 0 aromatic rings.